The lowest BCUT2D eigenvalue weighted by Crippen LogP contribution is -2.29. The van der Waals surface area contributed by atoms with E-state index in [9.17, 15) is 10.2 Å². The molecule has 1 unspecified atom stereocenters. The lowest BCUT2D eigenvalue weighted by molar-refractivity contribution is 0.000508. The van der Waals surface area contributed by atoms with Gasteiger partial charge in [-0.3, -0.25) is 0 Å². The molecule has 0 aromatic rings. The molecule has 0 aliphatic heterocycles. The fourth-order valence-corrected chi connectivity index (χ4v) is 2.60. The van der Waals surface area contributed by atoms with Crippen molar-refractivity contribution >= 4 is 0 Å². The molecule has 2 nitrogen and oxygen atoms in total. The molecule has 1 fully saturated rings. The first-order valence-electron chi connectivity index (χ1n) is 6.51. The van der Waals surface area contributed by atoms with Gasteiger partial charge in [0.15, 0.2) is 0 Å². The molecule has 0 aromatic carbocycles. The van der Waals surface area contributed by atoms with E-state index < -0.39 is 5.60 Å². The normalized spacial score (nSPS) is 20.8. The Morgan fingerprint density at radius 3 is 2.20 bits per heavy atom. The zero-order chi connectivity index (χ0) is 11.3. The van der Waals surface area contributed by atoms with Crippen LogP contribution in [0.15, 0.2) is 0 Å². The summed E-state index contributed by atoms with van der Waals surface area (Å²) in [5.74, 6) is 0.503. The molecule has 1 aliphatic rings. The third-order valence-electron chi connectivity index (χ3n) is 4.17. The van der Waals surface area contributed by atoms with E-state index in [2.05, 4.69) is 0 Å². The summed E-state index contributed by atoms with van der Waals surface area (Å²) in [4.78, 5) is 0. The van der Waals surface area contributed by atoms with Crippen LogP contribution >= 0.6 is 0 Å². The van der Waals surface area contributed by atoms with Gasteiger partial charge in [-0.25, -0.2) is 0 Å². The Bertz CT molecular complexity index is 169. The Hall–Kier alpha value is -0.0800. The third-order valence-corrected chi connectivity index (χ3v) is 4.17. The third kappa shape index (κ3) is 3.76. The minimum atomic E-state index is -0.542. The van der Waals surface area contributed by atoms with E-state index in [0.29, 0.717) is 5.92 Å². The maximum Gasteiger partial charge on any atom is 0.0643 e. The zero-order valence-electron chi connectivity index (χ0n) is 10.2. The zero-order valence-corrected chi connectivity index (χ0v) is 10.2. The van der Waals surface area contributed by atoms with Gasteiger partial charge in [-0.2, -0.15) is 0 Å². The second kappa shape index (κ2) is 5.86. The van der Waals surface area contributed by atoms with Gasteiger partial charge in [0, 0.05) is 0 Å². The Labute approximate surface area is 93.7 Å². The molecule has 0 spiro atoms. The highest BCUT2D eigenvalue weighted by atomic mass is 16.3. The quantitative estimate of drug-likeness (QED) is 0.713. The maximum absolute atomic E-state index is 10.1. The molecule has 1 saturated carbocycles. The van der Waals surface area contributed by atoms with Crippen molar-refractivity contribution in [3.8, 4) is 0 Å². The molecule has 1 atom stereocenters. The van der Waals surface area contributed by atoms with Gasteiger partial charge in [0.1, 0.15) is 0 Å². The fourth-order valence-electron chi connectivity index (χ4n) is 2.60. The van der Waals surface area contributed by atoms with Gasteiger partial charge in [-0.1, -0.05) is 26.7 Å². The van der Waals surface area contributed by atoms with Crippen LogP contribution in [-0.4, -0.2) is 21.9 Å². The first kappa shape index (κ1) is 13.0. The Morgan fingerprint density at radius 2 is 1.73 bits per heavy atom. The van der Waals surface area contributed by atoms with Gasteiger partial charge >= 0.3 is 0 Å². The van der Waals surface area contributed by atoms with E-state index in [1.54, 1.807) is 0 Å². The Kier molecular flexibility index (Phi) is 5.07. The molecule has 2 N–H and O–H groups in total. The van der Waals surface area contributed by atoms with Gasteiger partial charge in [0.2, 0.25) is 0 Å². The predicted molar refractivity (Wildman–Crippen MR) is 62.7 cm³/mol. The van der Waals surface area contributed by atoms with Crippen LogP contribution in [0.25, 0.3) is 0 Å². The van der Waals surface area contributed by atoms with Crippen molar-refractivity contribution in [1.29, 1.82) is 0 Å². The first-order valence-corrected chi connectivity index (χ1v) is 6.51. The van der Waals surface area contributed by atoms with Crippen LogP contribution in [0, 0.1) is 5.92 Å². The summed E-state index contributed by atoms with van der Waals surface area (Å²) in [7, 11) is 0. The number of aliphatic hydroxyl groups is 2. The molecule has 0 heterocycles. The van der Waals surface area contributed by atoms with Crippen molar-refractivity contribution in [2.45, 2.75) is 76.9 Å². The second-order valence-corrected chi connectivity index (χ2v) is 5.08. The lowest BCUT2D eigenvalue weighted by atomic mass is 9.87. The van der Waals surface area contributed by atoms with Crippen molar-refractivity contribution < 1.29 is 10.2 Å². The summed E-state index contributed by atoms with van der Waals surface area (Å²) in [6.07, 6.45) is 7.82. The number of hydrogen-bond acceptors (Lipinski definition) is 2. The number of rotatable bonds is 6. The van der Waals surface area contributed by atoms with Gasteiger partial charge in [0.05, 0.1) is 11.7 Å². The number of aliphatic hydroxyl groups excluding tert-OH is 1. The van der Waals surface area contributed by atoms with Crippen molar-refractivity contribution in [2.24, 2.45) is 5.92 Å². The molecule has 1 rings (SSSR count). The van der Waals surface area contributed by atoms with Gasteiger partial charge in [0.25, 0.3) is 0 Å². The molecular weight excluding hydrogens is 188 g/mol. The van der Waals surface area contributed by atoms with Crippen molar-refractivity contribution in [3.05, 3.63) is 0 Å². The highest BCUT2D eigenvalue weighted by Gasteiger charge is 2.27. The summed E-state index contributed by atoms with van der Waals surface area (Å²) in [6.45, 7) is 4.04. The van der Waals surface area contributed by atoms with Gasteiger partial charge in [-0.05, 0) is 44.4 Å². The van der Waals surface area contributed by atoms with Crippen LogP contribution in [0.3, 0.4) is 0 Å². The highest BCUT2D eigenvalue weighted by Crippen LogP contribution is 2.31. The van der Waals surface area contributed by atoms with Crippen molar-refractivity contribution in [2.75, 3.05) is 0 Å². The van der Waals surface area contributed by atoms with Crippen molar-refractivity contribution in [1.82, 2.24) is 0 Å². The van der Waals surface area contributed by atoms with Crippen LogP contribution in [0.1, 0.15) is 65.2 Å². The van der Waals surface area contributed by atoms with Crippen LogP contribution < -0.4 is 0 Å². The Morgan fingerprint density at radius 1 is 1.20 bits per heavy atom. The molecule has 90 valence electrons. The summed E-state index contributed by atoms with van der Waals surface area (Å²) < 4.78 is 0. The molecule has 2 heteroatoms. The monoisotopic (exact) mass is 214 g/mol. The predicted octanol–water partition coefficient (Wildman–Crippen LogP) is 2.87. The minimum Gasteiger partial charge on any atom is -0.393 e. The van der Waals surface area contributed by atoms with E-state index in [4.69, 9.17) is 0 Å². The van der Waals surface area contributed by atoms with E-state index >= 15 is 0 Å². The van der Waals surface area contributed by atoms with Gasteiger partial charge < -0.3 is 10.2 Å². The summed E-state index contributed by atoms with van der Waals surface area (Å²) >= 11 is 0. The highest BCUT2D eigenvalue weighted by molar-refractivity contribution is 4.80. The van der Waals surface area contributed by atoms with E-state index in [-0.39, 0.29) is 6.10 Å². The van der Waals surface area contributed by atoms with Crippen molar-refractivity contribution in [3.63, 3.8) is 0 Å². The smallest absolute Gasteiger partial charge is 0.0643 e. The fraction of sp³-hybridized carbons (Fsp3) is 1.00. The molecule has 15 heavy (non-hydrogen) atoms. The van der Waals surface area contributed by atoms with E-state index in [1.807, 2.05) is 13.8 Å². The maximum atomic E-state index is 10.1. The van der Waals surface area contributed by atoms with Crippen LogP contribution in [-0.2, 0) is 0 Å². The second-order valence-electron chi connectivity index (χ2n) is 5.08. The summed E-state index contributed by atoms with van der Waals surface area (Å²) in [5, 5.41) is 20.1. The van der Waals surface area contributed by atoms with Gasteiger partial charge in [-0.15, -0.1) is 0 Å². The molecule has 0 bridgehead atoms. The first-order chi connectivity index (χ1) is 7.11. The number of hydrogen-bond donors (Lipinski definition) is 2. The average molecular weight is 214 g/mol. The van der Waals surface area contributed by atoms with Crippen LogP contribution in [0.4, 0.5) is 0 Å². The molecular formula is C13H26O2. The lowest BCUT2D eigenvalue weighted by Gasteiger charge is -2.27. The topological polar surface area (TPSA) is 40.5 Å². The molecule has 0 radical (unpaired) electrons. The summed E-state index contributed by atoms with van der Waals surface area (Å²) in [5.41, 5.74) is -0.542. The molecule has 0 saturated heterocycles. The largest absolute Gasteiger partial charge is 0.393 e. The summed E-state index contributed by atoms with van der Waals surface area (Å²) in [6, 6.07) is 0. The van der Waals surface area contributed by atoms with Crippen LogP contribution in [0.2, 0.25) is 0 Å². The molecule has 1 aliphatic carbocycles. The minimum absolute atomic E-state index is 0.183. The molecule has 0 aromatic heterocycles. The van der Waals surface area contributed by atoms with E-state index in [1.165, 1.54) is 25.7 Å². The standard InChI is InChI=1S/C13H26O2/c1-3-13(15,4-2)10-9-12(14)11-7-5-6-8-11/h11-12,14-15H,3-10H2,1-2H3. The SMILES string of the molecule is CCC(O)(CC)CCC(O)C1CCCC1. The van der Waals surface area contributed by atoms with Crippen LogP contribution in [0.5, 0.6) is 0 Å². The molecule has 0 amide bonds. The average Bonchev–Trinajstić information content (AvgIpc) is 2.79. The Balaban J connectivity index is 2.28. The van der Waals surface area contributed by atoms with E-state index in [0.717, 1.165) is 25.7 Å².